The number of cyclic esters (lactones) is 1. The normalized spacial score (nSPS) is 44.6. The average molecular weight is 238 g/mol. The molecule has 0 aromatic carbocycles. The van der Waals surface area contributed by atoms with Gasteiger partial charge in [0.15, 0.2) is 0 Å². The van der Waals surface area contributed by atoms with E-state index in [0.717, 1.165) is 0 Å². The molecule has 2 saturated heterocycles. The van der Waals surface area contributed by atoms with Crippen LogP contribution in [0.2, 0.25) is 0 Å². The molecule has 1 spiro atoms. The Kier molecular flexibility index (Phi) is 1.84. The predicted molar refractivity (Wildman–Crippen MR) is 55.9 cm³/mol. The van der Waals surface area contributed by atoms with Crippen molar-refractivity contribution in [3.05, 3.63) is 12.2 Å². The number of fused-ring (bicyclic) bond motifs is 1. The number of carbonyl (C=O) groups is 2. The Morgan fingerprint density at radius 2 is 2.18 bits per heavy atom. The fourth-order valence-electron chi connectivity index (χ4n) is 3.21. The van der Waals surface area contributed by atoms with Crippen molar-refractivity contribution in [2.75, 3.05) is 7.11 Å². The smallest absolute Gasteiger partial charge is 0.314 e. The molecule has 3 heterocycles. The van der Waals surface area contributed by atoms with Gasteiger partial charge in [-0.1, -0.05) is 6.08 Å². The summed E-state index contributed by atoms with van der Waals surface area (Å²) >= 11 is 0. The summed E-state index contributed by atoms with van der Waals surface area (Å²) < 4.78 is 15.9. The molecule has 3 rings (SSSR count). The molecule has 92 valence electrons. The van der Waals surface area contributed by atoms with E-state index in [9.17, 15) is 9.59 Å². The first-order chi connectivity index (χ1) is 7.93. The molecule has 0 amide bonds. The summed E-state index contributed by atoms with van der Waals surface area (Å²) in [6.45, 7) is 3.61. The summed E-state index contributed by atoms with van der Waals surface area (Å²) in [5.74, 6) is -1.96. The van der Waals surface area contributed by atoms with Crippen LogP contribution in [0.1, 0.15) is 13.8 Å². The van der Waals surface area contributed by atoms with Crippen LogP contribution < -0.4 is 0 Å². The molecule has 3 aliphatic rings. The molecule has 4 atom stereocenters. The third-order valence-electron chi connectivity index (χ3n) is 4.06. The van der Waals surface area contributed by atoms with Crippen molar-refractivity contribution in [3.8, 4) is 0 Å². The monoisotopic (exact) mass is 238 g/mol. The molecule has 3 aliphatic heterocycles. The highest BCUT2D eigenvalue weighted by atomic mass is 16.6. The molecule has 5 heteroatoms. The van der Waals surface area contributed by atoms with E-state index in [2.05, 4.69) is 0 Å². The maximum Gasteiger partial charge on any atom is 0.314 e. The van der Waals surface area contributed by atoms with E-state index in [1.807, 2.05) is 12.2 Å². The molecular formula is C12H14O5. The highest BCUT2D eigenvalue weighted by Crippen LogP contribution is 2.58. The molecule has 17 heavy (non-hydrogen) atoms. The fraction of sp³-hybridized carbons (Fsp3) is 0.667. The first kappa shape index (κ1) is 10.8. The minimum absolute atomic E-state index is 0.375. The Morgan fingerprint density at radius 3 is 2.82 bits per heavy atom. The first-order valence-electron chi connectivity index (χ1n) is 5.61. The second-order valence-corrected chi connectivity index (χ2v) is 5.19. The number of rotatable bonds is 1. The fourth-order valence-corrected chi connectivity index (χ4v) is 3.21. The molecule has 0 aromatic heterocycles. The van der Waals surface area contributed by atoms with Gasteiger partial charge in [0.25, 0.3) is 0 Å². The van der Waals surface area contributed by atoms with E-state index in [-0.39, 0.29) is 12.1 Å². The third-order valence-corrected chi connectivity index (χ3v) is 4.06. The lowest BCUT2D eigenvalue weighted by atomic mass is 9.71. The summed E-state index contributed by atoms with van der Waals surface area (Å²) in [6.07, 6.45) is 3.30. The van der Waals surface area contributed by atoms with E-state index in [0.29, 0.717) is 0 Å². The summed E-state index contributed by atoms with van der Waals surface area (Å²) in [6, 6.07) is 0. The van der Waals surface area contributed by atoms with E-state index in [1.165, 1.54) is 7.11 Å². The number of ether oxygens (including phenoxy) is 3. The molecule has 0 N–H and O–H groups in total. The number of carbonyl (C=O) groups excluding carboxylic acids is 2. The lowest BCUT2D eigenvalue weighted by Crippen LogP contribution is -2.48. The zero-order valence-corrected chi connectivity index (χ0v) is 9.93. The molecule has 0 unspecified atom stereocenters. The van der Waals surface area contributed by atoms with Crippen molar-refractivity contribution >= 4 is 11.9 Å². The van der Waals surface area contributed by atoms with Crippen molar-refractivity contribution in [2.24, 2.45) is 11.8 Å². The van der Waals surface area contributed by atoms with Crippen LogP contribution in [0.15, 0.2) is 12.2 Å². The van der Waals surface area contributed by atoms with Gasteiger partial charge in [-0.15, -0.1) is 0 Å². The van der Waals surface area contributed by atoms with Crippen LogP contribution in [0.5, 0.6) is 0 Å². The topological polar surface area (TPSA) is 61.8 Å². The summed E-state index contributed by atoms with van der Waals surface area (Å²) in [4.78, 5) is 23.7. The van der Waals surface area contributed by atoms with Crippen molar-refractivity contribution < 1.29 is 23.8 Å². The van der Waals surface area contributed by atoms with Gasteiger partial charge in [-0.3, -0.25) is 9.59 Å². The van der Waals surface area contributed by atoms with E-state index in [4.69, 9.17) is 14.2 Å². The largest absolute Gasteiger partial charge is 0.469 e. The van der Waals surface area contributed by atoms with Gasteiger partial charge >= 0.3 is 11.9 Å². The van der Waals surface area contributed by atoms with Gasteiger partial charge < -0.3 is 14.2 Å². The quantitative estimate of drug-likeness (QED) is 0.490. The van der Waals surface area contributed by atoms with Gasteiger partial charge in [-0.2, -0.15) is 0 Å². The molecule has 0 radical (unpaired) electrons. The highest BCUT2D eigenvalue weighted by Gasteiger charge is 2.73. The van der Waals surface area contributed by atoms with Crippen LogP contribution in [0.4, 0.5) is 0 Å². The Morgan fingerprint density at radius 1 is 1.47 bits per heavy atom. The summed E-state index contributed by atoms with van der Waals surface area (Å²) in [5, 5.41) is 0. The van der Waals surface area contributed by atoms with Crippen molar-refractivity contribution in [2.45, 2.75) is 31.2 Å². The molecular weight excluding hydrogens is 224 g/mol. The lowest BCUT2D eigenvalue weighted by Gasteiger charge is -2.33. The van der Waals surface area contributed by atoms with Gasteiger partial charge in [0, 0.05) is 0 Å². The van der Waals surface area contributed by atoms with E-state index >= 15 is 0 Å². The minimum Gasteiger partial charge on any atom is -0.469 e. The van der Waals surface area contributed by atoms with Crippen LogP contribution >= 0.6 is 0 Å². The third kappa shape index (κ3) is 1.03. The predicted octanol–water partition coefficient (Wildman–Crippen LogP) is 0.435. The molecule has 5 nitrogen and oxygen atoms in total. The van der Waals surface area contributed by atoms with Crippen LogP contribution in [-0.4, -0.2) is 36.4 Å². The standard InChI is InChI=1S/C12H14O5/c1-11(2)12-5-4-6(16-12)7(9(13)15-3)8(12)10(14)17-11/h4-8H,1-3H3/t6-,7+,8+,12+/m0/s1. The van der Waals surface area contributed by atoms with Crippen LogP contribution in [0.25, 0.3) is 0 Å². The van der Waals surface area contributed by atoms with Gasteiger partial charge in [0.2, 0.25) is 0 Å². The Bertz CT molecular complexity index is 438. The number of methoxy groups -OCH3 is 1. The van der Waals surface area contributed by atoms with Crippen LogP contribution in [0, 0.1) is 11.8 Å². The van der Waals surface area contributed by atoms with Crippen LogP contribution in [-0.2, 0) is 23.8 Å². The first-order valence-corrected chi connectivity index (χ1v) is 5.61. The van der Waals surface area contributed by atoms with Gasteiger partial charge in [0.1, 0.15) is 23.0 Å². The molecule has 0 aromatic rings. The van der Waals surface area contributed by atoms with E-state index < -0.39 is 29.0 Å². The highest BCUT2D eigenvalue weighted by molar-refractivity contribution is 5.88. The number of hydrogen-bond acceptors (Lipinski definition) is 5. The van der Waals surface area contributed by atoms with Crippen LogP contribution in [0.3, 0.4) is 0 Å². The maximum atomic E-state index is 11.9. The number of esters is 2. The Labute approximate surface area is 98.7 Å². The summed E-state index contributed by atoms with van der Waals surface area (Å²) in [5.41, 5.74) is -1.56. The zero-order chi connectivity index (χ0) is 12.4. The maximum absolute atomic E-state index is 11.9. The number of hydrogen-bond donors (Lipinski definition) is 0. The summed E-state index contributed by atoms with van der Waals surface area (Å²) in [7, 11) is 1.32. The Balaban J connectivity index is 2.09. The molecule has 0 aliphatic carbocycles. The second-order valence-electron chi connectivity index (χ2n) is 5.19. The minimum atomic E-state index is -0.812. The average Bonchev–Trinajstić information content (AvgIpc) is 2.88. The van der Waals surface area contributed by atoms with Gasteiger partial charge in [-0.05, 0) is 19.9 Å². The second kappa shape index (κ2) is 2.90. The molecule has 2 fully saturated rings. The van der Waals surface area contributed by atoms with Crippen molar-refractivity contribution in [1.82, 2.24) is 0 Å². The lowest BCUT2D eigenvalue weighted by molar-refractivity contribution is -0.161. The van der Waals surface area contributed by atoms with Gasteiger partial charge in [0.05, 0.1) is 13.2 Å². The molecule has 0 saturated carbocycles. The van der Waals surface area contributed by atoms with Gasteiger partial charge in [-0.25, -0.2) is 0 Å². The Hall–Kier alpha value is -1.36. The van der Waals surface area contributed by atoms with Crippen molar-refractivity contribution in [1.29, 1.82) is 0 Å². The van der Waals surface area contributed by atoms with E-state index in [1.54, 1.807) is 13.8 Å². The SMILES string of the molecule is COC(=O)[C@@H]1[C@@H]2C=C[C@@]3(O2)[C@H]1C(=O)OC3(C)C. The molecule has 2 bridgehead atoms. The van der Waals surface area contributed by atoms with Crippen molar-refractivity contribution in [3.63, 3.8) is 0 Å². The zero-order valence-electron chi connectivity index (χ0n) is 9.93.